The van der Waals surface area contributed by atoms with Crippen LogP contribution in [0.4, 0.5) is 15.8 Å². The van der Waals surface area contributed by atoms with Crippen LogP contribution >= 0.6 is 22.6 Å². The molecule has 0 saturated heterocycles. The van der Waals surface area contributed by atoms with Gasteiger partial charge in [-0.25, -0.2) is 22.8 Å². The molecule has 1 aliphatic carbocycles. The summed E-state index contributed by atoms with van der Waals surface area (Å²) in [6.45, 7) is 1.61. The maximum absolute atomic E-state index is 14.8. The second kappa shape index (κ2) is 9.89. The number of aryl methyl sites for hydroxylation is 1. The van der Waals surface area contributed by atoms with Crippen LogP contribution in [0.5, 0.6) is 0 Å². The molecule has 3 N–H and O–H groups in total. The summed E-state index contributed by atoms with van der Waals surface area (Å²) >= 11 is 2.01. The lowest BCUT2D eigenvalue weighted by molar-refractivity contribution is 0.607. The third kappa shape index (κ3) is 4.87. The minimum atomic E-state index is -3.03. The first-order valence-corrected chi connectivity index (χ1v) is 14.7. The predicted octanol–water partition coefficient (Wildman–Crippen LogP) is 4.57. The second-order valence-corrected chi connectivity index (χ2v) is 12.7. The van der Waals surface area contributed by atoms with Crippen LogP contribution < -0.4 is 21.2 Å². The number of hydrogen-bond donors (Lipinski definition) is 3. The maximum Gasteiger partial charge on any atom is 0.278 e. The predicted molar refractivity (Wildman–Crippen MR) is 156 cm³/mol. The molecule has 2 aromatic heterocycles. The van der Waals surface area contributed by atoms with Gasteiger partial charge in [0.1, 0.15) is 21.4 Å². The van der Waals surface area contributed by atoms with Crippen molar-refractivity contribution in [2.75, 3.05) is 12.4 Å². The standard InChI is InChI=1S/C26H26FIN6O3S/c1-14-22(31-20-10-7-17(28)12-19(20)27)21-24(33(3)25(14)35)23(32-34(26(21)36)18-8-9-18)16-6-4-5-15(11-16)13-38(29,37)30-2/h4-7,10-12,18,31H,8-9,13H2,1-3H3,(H2,29,30,37). The highest BCUT2D eigenvalue weighted by Crippen LogP contribution is 2.37. The number of nitrogens with one attached hydrogen (secondary N) is 3. The smallest absolute Gasteiger partial charge is 0.278 e. The first-order valence-electron chi connectivity index (χ1n) is 11.9. The van der Waals surface area contributed by atoms with E-state index in [-0.39, 0.29) is 45.2 Å². The van der Waals surface area contributed by atoms with Gasteiger partial charge in [0.15, 0.2) is 0 Å². The Morgan fingerprint density at radius 3 is 2.58 bits per heavy atom. The first kappa shape index (κ1) is 26.5. The lowest BCUT2D eigenvalue weighted by Crippen LogP contribution is -2.30. The number of hydrogen-bond acceptors (Lipinski definition) is 6. The Kier molecular flexibility index (Phi) is 6.90. The molecule has 0 spiro atoms. The summed E-state index contributed by atoms with van der Waals surface area (Å²) in [6.07, 6.45) is 1.61. The number of halogens is 2. The Morgan fingerprint density at radius 1 is 1.18 bits per heavy atom. The maximum atomic E-state index is 14.8. The Labute approximate surface area is 232 Å². The topological polar surface area (TPSA) is 122 Å². The molecule has 1 saturated carbocycles. The molecule has 12 heteroatoms. The zero-order valence-electron chi connectivity index (χ0n) is 21.0. The van der Waals surface area contributed by atoms with Crippen molar-refractivity contribution in [3.63, 3.8) is 0 Å². The minimum absolute atomic E-state index is 0.0194. The molecule has 0 radical (unpaired) electrons. The monoisotopic (exact) mass is 648 g/mol. The summed E-state index contributed by atoms with van der Waals surface area (Å²) in [4.78, 5) is 27.2. The van der Waals surface area contributed by atoms with Gasteiger partial charge in [0.2, 0.25) is 0 Å². The molecule has 4 aromatic rings. The number of anilines is 2. The van der Waals surface area contributed by atoms with E-state index in [4.69, 9.17) is 9.88 Å². The van der Waals surface area contributed by atoms with Crippen molar-refractivity contribution < 1.29 is 8.60 Å². The van der Waals surface area contributed by atoms with Crippen molar-refractivity contribution in [2.24, 2.45) is 7.05 Å². The van der Waals surface area contributed by atoms with Crippen molar-refractivity contribution >= 4 is 54.8 Å². The minimum Gasteiger partial charge on any atom is -0.352 e. The number of nitrogens with zero attached hydrogens (tertiary/aromatic N) is 3. The SMILES string of the molecule is CNS(=N)(=O)Cc1cccc(-c2nn(C3CC3)c(=O)c3c(Nc4ccc(I)cc4F)c(C)c(=O)n(C)c23)c1. The quantitative estimate of drug-likeness (QED) is 0.254. The molecule has 0 amide bonds. The Hall–Kier alpha value is -3.10. The van der Waals surface area contributed by atoms with Gasteiger partial charge < -0.3 is 9.88 Å². The molecular formula is C26H26FIN6O3S. The Bertz CT molecular complexity index is 1830. The van der Waals surface area contributed by atoms with E-state index in [1.807, 2.05) is 22.6 Å². The van der Waals surface area contributed by atoms with Crippen LogP contribution in [0, 0.1) is 21.1 Å². The van der Waals surface area contributed by atoms with Gasteiger partial charge in [-0.15, -0.1) is 0 Å². The van der Waals surface area contributed by atoms with Gasteiger partial charge in [0.25, 0.3) is 11.1 Å². The lowest BCUT2D eigenvalue weighted by Gasteiger charge is -2.19. The molecule has 1 fully saturated rings. The molecule has 5 rings (SSSR count). The Morgan fingerprint density at radius 2 is 1.92 bits per heavy atom. The van der Waals surface area contributed by atoms with Gasteiger partial charge in [-0.05, 0) is 79.2 Å². The fraction of sp³-hybridized carbons (Fsp3) is 0.269. The number of benzene rings is 2. The van der Waals surface area contributed by atoms with Gasteiger partial charge in [0.05, 0.1) is 34.1 Å². The fourth-order valence-corrected chi connectivity index (χ4v) is 5.74. The van der Waals surface area contributed by atoms with Gasteiger partial charge >= 0.3 is 0 Å². The van der Waals surface area contributed by atoms with Crippen molar-refractivity contribution in [1.29, 1.82) is 4.78 Å². The highest BCUT2D eigenvalue weighted by Gasteiger charge is 2.30. The fourth-order valence-electron chi connectivity index (χ4n) is 4.49. The van der Waals surface area contributed by atoms with Crippen LogP contribution in [0.15, 0.2) is 52.1 Å². The van der Waals surface area contributed by atoms with Crippen LogP contribution in [-0.2, 0) is 22.7 Å². The van der Waals surface area contributed by atoms with Crippen molar-refractivity contribution in [2.45, 2.75) is 31.6 Å². The van der Waals surface area contributed by atoms with E-state index in [0.29, 0.717) is 25.9 Å². The number of fused-ring (bicyclic) bond motifs is 1. The van der Waals surface area contributed by atoms with Crippen LogP contribution in [0.25, 0.3) is 22.2 Å². The van der Waals surface area contributed by atoms with Crippen LogP contribution in [-0.4, -0.2) is 25.6 Å². The van der Waals surface area contributed by atoms with E-state index < -0.39 is 15.7 Å². The summed E-state index contributed by atoms with van der Waals surface area (Å²) in [5.41, 5.74) is 1.94. The van der Waals surface area contributed by atoms with Crippen LogP contribution in [0.3, 0.4) is 0 Å². The molecule has 38 heavy (non-hydrogen) atoms. The summed E-state index contributed by atoms with van der Waals surface area (Å²) in [5.74, 6) is -0.521. The van der Waals surface area contributed by atoms with Crippen LogP contribution in [0.1, 0.15) is 30.0 Å². The molecule has 0 aliphatic heterocycles. The number of pyridine rings is 1. The van der Waals surface area contributed by atoms with Gasteiger partial charge in [-0.2, -0.15) is 5.10 Å². The van der Waals surface area contributed by atoms with E-state index in [2.05, 4.69) is 10.0 Å². The molecular weight excluding hydrogens is 622 g/mol. The molecule has 2 heterocycles. The second-order valence-electron chi connectivity index (χ2n) is 9.39. The largest absolute Gasteiger partial charge is 0.352 e. The molecule has 198 valence electrons. The highest BCUT2D eigenvalue weighted by atomic mass is 127. The summed E-state index contributed by atoms with van der Waals surface area (Å²) < 4.78 is 41.3. The average Bonchev–Trinajstić information content (AvgIpc) is 3.72. The van der Waals surface area contributed by atoms with Gasteiger partial charge in [-0.1, -0.05) is 18.2 Å². The average molecular weight is 649 g/mol. The van der Waals surface area contributed by atoms with E-state index in [1.54, 1.807) is 50.4 Å². The van der Waals surface area contributed by atoms with E-state index in [1.165, 1.54) is 22.4 Å². The van der Waals surface area contributed by atoms with Crippen molar-refractivity contribution in [3.8, 4) is 11.3 Å². The van der Waals surface area contributed by atoms with Gasteiger partial charge in [-0.3, -0.25) is 9.59 Å². The molecule has 0 bridgehead atoms. The summed E-state index contributed by atoms with van der Waals surface area (Å²) in [7, 11) is 0.0307. The van der Waals surface area contributed by atoms with Crippen molar-refractivity contribution in [3.05, 3.63) is 83.7 Å². The molecule has 1 atom stereocenters. The normalized spacial score (nSPS) is 15.0. The van der Waals surface area contributed by atoms with E-state index in [9.17, 15) is 18.2 Å². The van der Waals surface area contributed by atoms with Crippen LogP contribution in [0.2, 0.25) is 0 Å². The van der Waals surface area contributed by atoms with Crippen molar-refractivity contribution in [1.82, 2.24) is 19.1 Å². The first-order chi connectivity index (χ1) is 18.0. The third-order valence-electron chi connectivity index (χ3n) is 6.66. The zero-order valence-corrected chi connectivity index (χ0v) is 23.9. The van der Waals surface area contributed by atoms with E-state index >= 15 is 0 Å². The number of rotatable bonds is 7. The summed E-state index contributed by atoms with van der Waals surface area (Å²) in [5, 5.41) is 7.98. The molecule has 2 aromatic carbocycles. The highest BCUT2D eigenvalue weighted by molar-refractivity contribution is 14.1. The summed E-state index contributed by atoms with van der Waals surface area (Å²) in [6, 6.07) is 11.7. The molecule has 9 nitrogen and oxygen atoms in total. The lowest BCUT2D eigenvalue weighted by atomic mass is 10.0. The van der Waals surface area contributed by atoms with Gasteiger partial charge in [0, 0.05) is 21.7 Å². The molecule has 1 aliphatic rings. The number of aromatic nitrogens is 3. The third-order valence-corrected chi connectivity index (χ3v) is 8.73. The zero-order chi connectivity index (χ0) is 27.4. The molecule has 1 unspecified atom stereocenters. The Balaban J connectivity index is 1.82. The van der Waals surface area contributed by atoms with E-state index in [0.717, 1.165) is 12.8 Å².